The molecule has 168 valence electrons. The van der Waals surface area contributed by atoms with Crippen molar-refractivity contribution in [3.63, 3.8) is 0 Å². The average molecular weight is 468 g/mol. The van der Waals surface area contributed by atoms with Crippen molar-refractivity contribution in [2.24, 2.45) is 0 Å². The molecule has 2 amide bonds. The van der Waals surface area contributed by atoms with Gasteiger partial charge in [-0.3, -0.25) is 13.9 Å². The molecule has 0 aliphatic carbocycles. The largest absolute Gasteiger partial charge is 0.495 e. The van der Waals surface area contributed by atoms with Gasteiger partial charge in [0, 0.05) is 18.6 Å². The van der Waals surface area contributed by atoms with Crippen molar-refractivity contribution in [3.8, 4) is 5.75 Å². The number of likely N-dealkylation sites (N-methyl/N-ethyl adjacent to an activating group) is 1. The van der Waals surface area contributed by atoms with Gasteiger partial charge in [-0.2, -0.15) is 0 Å². The van der Waals surface area contributed by atoms with Gasteiger partial charge in [-0.15, -0.1) is 0 Å². The van der Waals surface area contributed by atoms with Gasteiger partial charge in [0.05, 0.1) is 19.1 Å². The zero-order chi connectivity index (χ0) is 23.2. The summed E-state index contributed by atoms with van der Waals surface area (Å²) in [6.45, 7) is 1.20. The van der Waals surface area contributed by atoms with Gasteiger partial charge in [-0.25, -0.2) is 8.42 Å². The van der Waals surface area contributed by atoms with E-state index in [0.717, 1.165) is 16.1 Å². The second-order valence-electron chi connectivity index (χ2n) is 6.88. The van der Waals surface area contributed by atoms with Crippen LogP contribution in [0, 0.1) is 0 Å². The molecule has 0 radical (unpaired) electrons. The monoisotopic (exact) mass is 467 g/mol. The lowest BCUT2D eigenvalue weighted by atomic mass is 10.1. The fraction of sp³-hybridized carbons (Fsp3) is 0.333. The number of amides is 2. The van der Waals surface area contributed by atoms with Gasteiger partial charge in [0.25, 0.3) is 0 Å². The molecule has 0 heterocycles. The number of hydrogen-bond donors (Lipinski definition) is 1. The third-order valence-corrected chi connectivity index (χ3v) is 6.09. The predicted octanol–water partition coefficient (Wildman–Crippen LogP) is 2.28. The van der Waals surface area contributed by atoms with E-state index < -0.39 is 28.5 Å². The first kappa shape index (κ1) is 24.5. The maximum atomic E-state index is 13.3. The van der Waals surface area contributed by atoms with E-state index in [9.17, 15) is 18.0 Å². The Bertz CT molecular complexity index is 1030. The van der Waals surface area contributed by atoms with Crippen LogP contribution in [0.3, 0.4) is 0 Å². The SMILES string of the molecule is CNC(=O)[C@H](C)N(Cc1ccc(Cl)cc1)C(=O)CN(c1ccccc1OC)S(C)(=O)=O. The molecule has 0 saturated carbocycles. The third kappa shape index (κ3) is 6.35. The van der Waals surface area contributed by atoms with Crippen LogP contribution in [-0.4, -0.2) is 58.1 Å². The van der Waals surface area contributed by atoms with Crippen molar-refractivity contribution < 1.29 is 22.7 Å². The fourth-order valence-electron chi connectivity index (χ4n) is 3.01. The second-order valence-corrected chi connectivity index (χ2v) is 9.22. The number of carbonyl (C=O) groups excluding carboxylic acids is 2. The highest BCUT2D eigenvalue weighted by molar-refractivity contribution is 7.92. The van der Waals surface area contributed by atoms with Gasteiger partial charge in [0.1, 0.15) is 18.3 Å². The Labute approximate surface area is 187 Å². The van der Waals surface area contributed by atoms with E-state index in [-0.39, 0.29) is 18.1 Å². The maximum Gasteiger partial charge on any atom is 0.244 e. The summed E-state index contributed by atoms with van der Waals surface area (Å²) in [7, 11) is -0.929. The van der Waals surface area contributed by atoms with Crippen LogP contribution in [0.4, 0.5) is 5.69 Å². The Hall–Kier alpha value is -2.78. The van der Waals surface area contributed by atoms with Crippen molar-refractivity contribution >= 4 is 39.1 Å². The number of halogens is 1. The van der Waals surface area contributed by atoms with E-state index in [0.29, 0.717) is 10.8 Å². The Morgan fingerprint density at radius 2 is 1.74 bits per heavy atom. The van der Waals surface area contributed by atoms with Gasteiger partial charge >= 0.3 is 0 Å². The molecular weight excluding hydrogens is 442 g/mol. The van der Waals surface area contributed by atoms with E-state index in [1.54, 1.807) is 55.5 Å². The van der Waals surface area contributed by atoms with E-state index in [4.69, 9.17) is 16.3 Å². The van der Waals surface area contributed by atoms with Gasteiger partial charge in [0.2, 0.25) is 21.8 Å². The summed E-state index contributed by atoms with van der Waals surface area (Å²) in [5.74, 6) is -0.600. The number of methoxy groups -OCH3 is 1. The lowest BCUT2D eigenvalue weighted by Crippen LogP contribution is -2.50. The second kappa shape index (κ2) is 10.5. The Kier molecular flexibility index (Phi) is 8.29. The Morgan fingerprint density at radius 3 is 2.29 bits per heavy atom. The number of sulfonamides is 1. The van der Waals surface area contributed by atoms with Crippen LogP contribution in [0.25, 0.3) is 0 Å². The lowest BCUT2D eigenvalue weighted by molar-refractivity contribution is -0.139. The highest BCUT2D eigenvalue weighted by atomic mass is 35.5. The molecule has 0 spiro atoms. The maximum absolute atomic E-state index is 13.3. The van der Waals surface area contributed by atoms with Gasteiger partial charge < -0.3 is 15.0 Å². The van der Waals surface area contributed by atoms with Crippen LogP contribution in [0.2, 0.25) is 5.02 Å². The minimum atomic E-state index is -3.82. The predicted molar refractivity (Wildman–Crippen MR) is 121 cm³/mol. The van der Waals surface area contributed by atoms with E-state index in [1.165, 1.54) is 19.1 Å². The number of nitrogens with one attached hydrogen (secondary N) is 1. The average Bonchev–Trinajstić information content (AvgIpc) is 2.75. The zero-order valence-corrected chi connectivity index (χ0v) is 19.4. The molecule has 1 atom stereocenters. The molecule has 0 aromatic heterocycles. The van der Waals surface area contributed by atoms with Gasteiger partial charge in [-0.1, -0.05) is 35.9 Å². The number of carbonyl (C=O) groups is 2. The van der Waals surface area contributed by atoms with Crippen LogP contribution in [0.1, 0.15) is 12.5 Å². The fourth-order valence-corrected chi connectivity index (χ4v) is 3.99. The summed E-state index contributed by atoms with van der Waals surface area (Å²) in [5.41, 5.74) is 0.983. The Balaban J connectivity index is 2.41. The summed E-state index contributed by atoms with van der Waals surface area (Å²) in [4.78, 5) is 26.9. The summed E-state index contributed by atoms with van der Waals surface area (Å²) in [6.07, 6.45) is 1.01. The van der Waals surface area contributed by atoms with E-state index >= 15 is 0 Å². The summed E-state index contributed by atoms with van der Waals surface area (Å²) >= 11 is 5.93. The quantitative estimate of drug-likeness (QED) is 0.610. The molecule has 2 aromatic rings. The summed E-state index contributed by atoms with van der Waals surface area (Å²) < 4.78 is 31.3. The van der Waals surface area contributed by atoms with E-state index in [1.807, 2.05) is 0 Å². The smallest absolute Gasteiger partial charge is 0.244 e. The van der Waals surface area contributed by atoms with Crippen molar-refractivity contribution in [1.29, 1.82) is 0 Å². The van der Waals surface area contributed by atoms with Gasteiger partial charge in [0.15, 0.2) is 0 Å². The Morgan fingerprint density at radius 1 is 1.13 bits per heavy atom. The van der Waals surface area contributed by atoms with Crippen molar-refractivity contribution in [1.82, 2.24) is 10.2 Å². The molecule has 1 N–H and O–H groups in total. The normalized spacial score (nSPS) is 12.0. The van der Waals surface area contributed by atoms with Crippen LogP contribution in [-0.2, 0) is 26.2 Å². The molecule has 0 aliphatic heterocycles. The lowest BCUT2D eigenvalue weighted by Gasteiger charge is -2.31. The number of nitrogens with zero attached hydrogens (tertiary/aromatic N) is 2. The molecule has 0 fully saturated rings. The number of rotatable bonds is 9. The van der Waals surface area contributed by atoms with Crippen LogP contribution in [0.15, 0.2) is 48.5 Å². The number of hydrogen-bond acceptors (Lipinski definition) is 5. The van der Waals surface area contributed by atoms with Gasteiger partial charge in [-0.05, 0) is 36.8 Å². The molecule has 0 unspecified atom stereocenters. The third-order valence-electron chi connectivity index (χ3n) is 4.71. The molecule has 10 heteroatoms. The highest BCUT2D eigenvalue weighted by Crippen LogP contribution is 2.29. The zero-order valence-electron chi connectivity index (χ0n) is 17.8. The number of ether oxygens (including phenoxy) is 1. The topological polar surface area (TPSA) is 96.0 Å². The first-order valence-corrected chi connectivity index (χ1v) is 11.7. The first-order valence-electron chi connectivity index (χ1n) is 9.44. The van der Waals surface area contributed by atoms with Crippen LogP contribution < -0.4 is 14.4 Å². The molecule has 2 aromatic carbocycles. The highest BCUT2D eigenvalue weighted by Gasteiger charge is 2.30. The summed E-state index contributed by atoms with van der Waals surface area (Å²) in [6, 6.07) is 12.5. The standard InChI is InChI=1S/C21H26ClN3O5S/c1-15(21(27)23-2)24(13-16-9-11-17(22)12-10-16)20(26)14-25(31(4,28)29)18-7-5-6-8-19(18)30-3/h5-12,15H,13-14H2,1-4H3,(H,23,27)/t15-/m0/s1. The van der Waals surface area contributed by atoms with E-state index in [2.05, 4.69) is 5.32 Å². The molecule has 8 nitrogen and oxygen atoms in total. The minimum Gasteiger partial charge on any atom is -0.495 e. The van der Waals surface area contributed by atoms with Crippen LogP contribution >= 0.6 is 11.6 Å². The minimum absolute atomic E-state index is 0.105. The number of para-hydroxylation sites is 2. The van der Waals surface area contributed by atoms with Crippen LogP contribution in [0.5, 0.6) is 5.75 Å². The van der Waals surface area contributed by atoms with Crippen molar-refractivity contribution in [3.05, 3.63) is 59.1 Å². The summed E-state index contributed by atoms with van der Waals surface area (Å²) in [5, 5.41) is 3.06. The van der Waals surface area contributed by atoms with Crippen molar-refractivity contribution in [2.75, 3.05) is 31.3 Å². The molecule has 2 rings (SSSR count). The number of anilines is 1. The van der Waals surface area contributed by atoms with Crippen molar-refractivity contribution in [2.45, 2.75) is 19.5 Å². The first-order chi connectivity index (χ1) is 14.6. The molecule has 31 heavy (non-hydrogen) atoms. The molecule has 0 saturated heterocycles. The molecule has 0 aliphatic rings. The number of benzene rings is 2. The molecular formula is C21H26ClN3O5S. The molecule has 0 bridgehead atoms.